The third kappa shape index (κ3) is 5.94. The standard InChI is InChI=1S/C10H20N2O7/c1-4(14)11-10(12-5(2)15)9(19)8(18)7(17)6(16)3-13/h6-10,13,16-19H,3H2,1-2H3,(H,11,14)(H,12,15)/t6-,7-,8+,9+/m0/s1. The minimum Gasteiger partial charge on any atom is -0.394 e. The summed E-state index contributed by atoms with van der Waals surface area (Å²) in [5.41, 5.74) is 0. The maximum atomic E-state index is 10.9. The Balaban J connectivity index is 4.80. The van der Waals surface area contributed by atoms with E-state index in [4.69, 9.17) is 10.2 Å². The summed E-state index contributed by atoms with van der Waals surface area (Å²) in [7, 11) is 0. The molecule has 0 aliphatic heterocycles. The second kappa shape index (κ2) is 8.02. The average Bonchev–Trinajstić information content (AvgIpc) is 2.33. The van der Waals surface area contributed by atoms with E-state index in [2.05, 4.69) is 10.6 Å². The summed E-state index contributed by atoms with van der Waals surface area (Å²) in [4.78, 5) is 21.8. The van der Waals surface area contributed by atoms with Crippen LogP contribution in [0.1, 0.15) is 13.8 Å². The zero-order valence-corrected chi connectivity index (χ0v) is 10.6. The van der Waals surface area contributed by atoms with Gasteiger partial charge < -0.3 is 36.2 Å². The summed E-state index contributed by atoms with van der Waals surface area (Å²) in [6.45, 7) is 1.44. The molecule has 0 fully saturated rings. The molecule has 19 heavy (non-hydrogen) atoms. The van der Waals surface area contributed by atoms with Crippen molar-refractivity contribution in [2.24, 2.45) is 0 Å². The fourth-order valence-electron chi connectivity index (χ4n) is 1.38. The number of aliphatic hydroxyl groups is 5. The van der Waals surface area contributed by atoms with Crippen molar-refractivity contribution in [2.45, 2.75) is 44.4 Å². The molecule has 0 aromatic heterocycles. The molecule has 0 saturated carbocycles. The minimum atomic E-state index is -1.88. The molecule has 0 bridgehead atoms. The Kier molecular flexibility index (Phi) is 7.49. The van der Waals surface area contributed by atoms with Gasteiger partial charge in [0.25, 0.3) is 0 Å². The van der Waals surface area contributed by atoms with Gasteiger partial charge in [-0.15, -0.1) is 0 Å². The molecule has 9 nitrogen and oxygen atoms in total. The number of amides is 2. The first-order chi connectivity index (χ1) is 8.70. The normalized spacial score (nSPS) is 17.5. The molecule has 0 radical (unpaired) electrons. The SMILES string of the molecule is CC(=O)NC(NC(C)=O)[C@H](O)[C@H](O)[C@@H](O)[C@@H](O)CO. The van der Waals surface area contributed by atoms with E-state index in [9.17, 15) is 24.9 Å². The molecule has 9 heteroatoms. The van der Waals surface area contributed by atoms with Gasteiger partial charge in [-0.25, -0.2) is 0 Å². The minimum absolute atomic E-state index is 0.581. The van der Waals surface area contributed by atoms with Crippen LogP contribution in [0, 0.1) is 0 Å². The Morgan fingerprint density at radius 3 is 1.63 bits per heavy atom. The summed E-state index contributed by atoms with van der Waals surface area (Å²) in [6, 6.07) is 0. The van der Waals surface area contributed by atoms with Crippen molar-refractivity contribution < 1.29 is 35.1 Å². The van der Waals surface area contributed by atoms with E-state index < -0.39 is 49.0 Å². The Hall–Kier alpha value is -1.26. The number of hydrogen-bond acceptors (Lipinski definition) is 7. The monoisotopic (exact) mass is 280 g/mol. The zero-order chi connectivity index (χ0) is 15.2. The number of rotatable bonds is 7. The molecule has 0 heterocycles. The van der Waals surface area contributed by atoms with Crippen molar-refractivity contribution in [3.05, 3.63) is 0 Å². The van der Waals surface area contributed by atoms with Gasteiger partial charge >= 0.3 is 0 Å². The number of carbonyl (C=O) groups excluding carboxylic acids is 2. The van der Waals surface area contributed by atoms with Gasteiger partial charge in [-0.2, -0.15) is 0 Å². The van der Waals surface area contributed by atoms with Crippen LogP contribution < -0.4 is 10.6 Å². The van der Waals surface area contributed by atoms with E-state index in [-0.39, 0.29) is 0 Å². The number of carbonyl (C=O) groups is 2. The predicted molar refractivity (Wildman–Crippen MR) is 62.5 cm³/mol. The molecule has 0 spiro atoms. The second-order valence-electron chi connectivity index (χ2n) is 4.10. The van der Waals surface area contributed by atoms with E-state index in [1.807, 2.05) is 0 Å². The highest BCUT2D eigenvalue weighted by Crippen LogP contribution is 2.07. The molecule has 2 amide bonds. The van der Waals surface area contributed by atoms with Gasteiger partial charge in [0, 0.05) is 13.8 Å². The molecule has 0 rings (SSSR count). The van der Waals surface area contributed by atoms with Gasteiger partial charge in [-0.1, -0.05) is 0 Å². The average molecular weight is 280 g/mol. The van der Waals surface area contributed by atoms with Crippen LogP contribution >= 0.6 is 0 Å². The Labute approximate surface area is 109 Å². The lowest BCUT2D eigenvalue weighted by Crippen LogP contribution is -2.60. The summed E-state index contributed by atoms with van der Waals surface area (Å²) >= 11 is 0. The Morgan fingerprint density at radius 1 is 0.895 bits per heavy atom. The van der Waals surface area contributed by atoms with Gasteiger partial charge in [0.15, 0.2) is 0 Å². The van der Waals surface area contributed by atoms with Crippen LogP contribution in [0.25, 0.3) is 0 Å². The molecule has 0 saturated heterocycles. The van der Waals surface area contributed by atoms with E-state index in [1.165, 1.54) is 0 Å². The van der Waals surface area contributed by atoms with E-state index >= 15 is 0 Å². The fraction of sp³-hybridized carbons (Fsp3) is 0.800. The number of nitrogens with one attached hydrogen (secondary N) is 2. The van der Waals surface area contributed by atoms with Gasteiger partial charge in [-0.05, 0) is 0 Å². The van der Waals surface area contributed by atoms with Gasteiger partial charge in [0.1, 0.15) is 30.6 Å². The first-order valence-electron chi connectivity index (χ1n) is 5.58. The Morgan fingerprint density at radius 2 is 1.32 bits per heavy atom. The molecule has 112 valence electrons. The third-order valence-electron chi connectivity index (χ3n) is 2.34. The molecule has 0 aromatic carbocycles. The largest absolute Gasteiger partial charge is 0.394 e. The van der Waals surface area contributed by atoms with E-state index in [0.717, 1.165) is 13.8 Å². The molecule has 0 aliphatic rings. The summed E-state index contributed by atoms with van der Waals surface area (Å²) < 4.78 is 0. The van der Waals surface area contributed by atoms with Crippen molar-refractivity contribution in [3.63, 3.8) is 0 Å². The van der Waals surface area contributed by atoms with Crippen LogP contribution in [-0.2, 0) is 9.59 Å². The molecule has 4 atom stereocenters. The van der Waals surface area contributed by atoms with Crippen molar-refractivity contribution in [2.75, 3.05) is 6.61 Å². The second-order valence-corrected chi connectivity index (χ2v) is 4.10. The lowest BCUT2D eigenvalue weighted by Gasteiger charge is -2.31. The lowest BCUT2D eigenvalue weighted by molar-refractivity contribution is -0.136. The Bertz CT molecular complexity index is 296. The maximum Gasteiger partial charge on any atom is 0.218 e. The van der Waals surface area contributed by atoms with Crippen LogP contribution in [0.4, 0.5) is 0 Å². The lowest BCUT2D eigenvalue weighted by atomic mass is 10.0. The van der Waals surface area contributed by atoms with Crippen molar-refractivity contribution in [1.82, 2.24) is 10.6 Å². The summed E-state index contributed by atoms with van der Waals surface area (Å²) in [5.74, 6) is -1.16. The highest BCUT2D eigenvalue weighted by atomic mass is 16.4. The highest BCUT2D eigenvalue weighted by Gasteiger charge is 2.35. The van der Waals surface area contributed by atoms with Gasteiger partial charge in [0.2, 0.25) is 11.8 Å². The maximum absolute atomic E-state index is 10.9. The quantitative estimate of drug-likeness (QED) is 0.234. The number of aliphatic hydroxyl groups excluding tert-OH is 5. The molecule has 7 N–H and O–H groups in total. The summed E-state index contributed by atoms with van der Waals surface area (Å²) in [5, 5.41) is 50.9. The fourth-order valence-corrected chi connectivity index (χ4v) is 1.38. The number of hydrogen-bond donors (Lipinski definition) is 7. The topological polar surface area (TPSA) is 159 Å². The van der Waals surface area contributed by atoms with Gasteiger partial charge in [0.05, 0.1) is 6.61 Å². The highest BCUT2D eigenvalue weighted by molar-refractivity contribution is 5.76. The molecule has 0 unspecified atom stereocenters. The molecular formula is C10H20N2O7. The van der Waals surface area contributed by atoms with Gasteiger partial charge in [-0.3, -0.25) is 9.59 Å². The third-order valence-corrected chi connectivity index (χ3v) is 2.34. The molecule has 0 aromatic rings. The van der Waals surface area contributed by atoms with Crippen LogP contribution in [-0.4, -0.2) is 74.5 Å². The van der Waals surface area contributed by atoms with Crippen LogP contribution in [0.15, 0.2) is 0 Å². The van der Waals surface area contributed by atoms with Crippen molar-refractivity contribution in [3.8, 4) is 0 Å². The molecule has 0 aliphatic carbocycles. The van der Waals surface area contributed by atoms with Crippen molar-refractivity contribution >= 4 is 11.8 Å². The first kappa shape index (κ1) is 17.7. The van der Waals surface area contributed by atoms with Crippen LogP contribution in [0.2, 0.25) is 0 Å². The van der Waals surface area contributed by atoms with E-state index in [0.29, 0.717) is 0 Å². The van der Waals surface area contributed by atoms with Crippen molar-refractivity contribution in [1.29, 1.82) is 0 Å². The smallest absolute Gasteiger partial charge is 0.218 e. The zero-order valence-electron chi connectivity index (χ0n) is 10.6. The van der Waals surface area contributed by atoms with Crippen LogP contribution in [0.5, 0.6) is 0 Å². The molecular weight excluding hydrogens is 260 g/mol. The first-order valence-corrected chi connectivity index (χ1v) is 5.58. The predicted octanol–water partition coefficient (Wildman–Crippen LogP) is -3.98. The summed E-state index contributed by atoms with van der Waals surface area (Å²) in [6.07, 6.45) is -8.51. The van der Waals surface area contributed by atoms with Crippen LogP contribution in [0.3, 0.4) is 0 Å². The van der Waals surface area contributed by atoms with E-state index in [1.54, 1.807) is 0 Å².